The number of hydrogen-bond donors (Lipinski definition) is 1. The molecule has 1 heterocycles. The third-order valence-corrected chi connectivity index (χ3v) is 3.37. The van der Waals surface area contributed by atoms with E-state index in [9.17, 15) is 0 Å². The van der Waals surface area contributed by atoms with Gasteiger partial charge in [-0.15, -0.1) is 0 Å². The summed E-state index contributed by atoms with van der Waals surface area (Å²) in [5, 5.41) is 5.78. The van der Waals surface area contributed by atoms with E-state index < -0.39 is 0 Å². The van der Waals surface area contributed by atoms with Gasteiger partial charge in [-0.25, -0.2) is 4.98 Å². The van der Waals surface area contributed by atoms with Crippen LogP contribution in [0.4, 0.5) is 0 Å². The molecule has 0 saturated heterocycles. The summed E-state index contributed by atoms with van der Waals surface area (Å²) in [6.07, 6.45) is 1.73. The van der Waals surface area contributed by atoms with Crippen molar-refractivity contribution in [3.8, 4) is 11.5 Å². The van der Waals surface area contributed by atoms with Gasteiger partial charge < -0.3 is 9.73 Å². The van der Waals surface area contributed by atoms with Gasteiger partial charge in [-0.05, 0) is 37.6 Å². The summed E-state index contributed by atoms with van der Waals surface area (Å²) in [6.45, 7) is 7.12. The predicted octanol–water partition coefficient (Wildman–Crippen LogP) is 4.38. The van der Waals surface area contributed by atoms with Gasteiger partial charge >= 0.3 is 0 Å². The van der Waals surface area contributed by atoms with Crippen LogP contribution < -0.4 is 5.32 Å². The SMILES string of the molecule is CC(C)(C)NCc1coc(-c2cccc3ccccc23)n1. The predicted molar refractivity (Wildman–Crippen MR) is 86.0 cm³/mol. The number of nitrogens with one attached hydrogen (secondary N) is 1. The van der Waals surface area contributed by atoms with Crippen LogP contribution >= 0.6 is 0 Å². The molecule has 0 bridgehead atoms. The zero-order chi connectivity index (χ0) is 14.9. The highest BCUT2D eigenvalue weighted by atomic mass is 16.3. The Balaban J connectivity index is 1.92. The Labute approximate surface area is 125 Å². The molecule has 108 valence electrons. The van der Waals surface area contributed by atoms with Crippen LogP contribution in [0.5, 0.6) is 0 Å². The molecule has 0 spiro atoms. The van der Waals surface area contributed by atoms with Crippen LogP contribution in [0.2, 0.25) is 0 Å². The minimum atomic E-state index is 0.0680. The summed E-state index contributed by atoms with van der Waals surface area (Å²) in [4.78, 5) is 4.60. The van der Waals surface area contributed by atoms with E-state index in [1.54, 1.807) is 6.26 Å². The van der Waals surface area contributed by atoms with E-state index in [0.717, 1.165) is 16.6 Å². The Morgan fingerprint density at radius 3 is 2.62 bits per heavy atom. The van der Waals surface area contributed by atoms with Crippen molar-refractivity contribution in [1.82, 2.24) is 10.3 Å². The molecule has 0 atom stereocenters. The molecule has 3 heteroatoms. The smallest absolute Gasteiger partial charge is 0.226 e. The standard InChI is InChI=1S/C18H20N2O/c1-18(2,3)19-11-14-12-21-17(20-14)16-10-6-8-13-7-4-5-9-15(13)16/h4-10,12,19H,11H2,1-3H3. The quantitative estimate of drug-likeness (QED) is 0.773. The van der Waals surface area contributed by atoms with Gasteiger partial charge in [0.25, 0.3) is 0 Å². The van der Waals surface area contributed by atoms with Crippen molar-refractivity contribution in [2.45, 2.75) is 32.9 Å². The van der Waals surface area contributed by atoms with Gasteiger partial charge in [-0.3, -0.25) is 0 Å². The van der Waals surface area contributed by atoms with Crippen LogP contribution in [-0.2, 0) is 6.54 Å². The lowest BCUT2D eigenvalue weighted by Crippen LogP contribution is -2.35. The number of hydrogen-bond acceptors (Lipinski definition) is 3. The Morgan fingerprint density at radius 1 is 1.05 bits per heavy atom. The van der Waals surface area contributed by atoms with E-state index in [-0.39, 0.29) is 5.54 Å². The molecule has 2 aromatic carbocycles. The summed E-state index contributed by atoms with van der Waals surface area (Å²) in [5.41, 5.74) is 2.03. The van der Waals surface area contributed by atoms with Crippen molar-refractivity contribution in [2.24, 2.45) is 0 Å². The lowest BCUT2D eigenvalue weighted by Gasteiger charge is -2.19. The van der Waals surface area contributed by atoms with Crippen molar-refractivity contribution < 1.29 is 4.42 Å². The number of rotatable bonds is 3. The second-order valence-corrected chi connectivity index (χ2v) is 6.27. The molecule has 0 aliphatic carbocycles. The van der Waals surface area contributed by atoms with Gasteiger partial charge in [-0.2, -0.15) is 0 Å². The van der Waals surface area contributed by atoms with Crippen molar-refractivity contribution in [2.75, 3.05) is 0 Å². The van der Waals surface area contributed by atoms with Crippen LogP contribution in [0.25, 0.3) is 22.2 Å². The van der Waals surface area contributed by atoms with Crippen molar-refractivity contribution in [3.63, 3.8) is 0 Å². The zero-order valence-corrected chi connectivity index (χ0v) is 12.7. The maximum atomic E-state index is 5.67. The molecular formula is C18H20N2O. The number of benzene rings is 2. The topological polar surface area (TPSA) is 38.1 Å². The molecule has 0 saturated carbocycles. The summed E-state index contributed by atoms with van der Waals surface area (Å²) in [7, 11) is 0. The fourth-order valence-corrected chi connectivity index (χ4v) is 2.28. The van der Waals surface area contributed by atoms with Crippen LogP contribution in [-0.4, -0.2) is 10.5 Å². The average Bonchev–Trinajstić information content (AvgIpc) is 2.92. The third kappa shape index (κ3) is 3.14. The molecule has 3 aromatic rings. The van der Waals surface area contributed by atoms with Crippen LogP contribution in [0, 0.1) is 0 Å². The molecule has 0 fully saturated rings. The normalized spacial score (nSPS) is 12.0. The van der Waals surface area contributed by atoms with Gasteiger partial charge in [0.1, 0.15) is 6.26 Å². The minimum absolute atomic E-state index is 0.0680. The highest BCUT2D eigenvalue weighted by Gasteiger charge is 2.13. The molecule has 0 aliphatic rings. The molecule has 0 radical (unpaired) electrons. The second-order valence-electron chi connectivity index (χ2n) is 6.27. The number of nitrogens with zero attached hydrogens (tertiary/aromatic N) is 1. The van der Waals surface area contributed by atoms with Crippen molar-refractivity contribution >= 4 is 10.8 Å². The first kappa shape index (κ1) is 13.8. The number of oxazole rings is 1. The average molecular weight is 280 g/mol. The highest BCUT2D eigenvalue weighted by Crippen LogP contribution is 2.27. The molecular weight excluding hydrogens is 260 g/mol. The third-order valence-electron chi connectivity index (χ3n) is 3.37. The van der Waals surface area contributed by atoms with Gasteiger partial charge in [0, 0.05) is 17.6 Å². The summed E-state index contributed by atoms with van der Waals surface area (Å²) >= 11 is 0. The Hall–Kier alpha value is -2.13. The van der Waals surface area contributed by atoms with Crippen molar-refractivity contribution in [1.29, 1.82) is 0 Å². The Kier molecular flexibility index (Phi) is 3.52. The van der Waals surface area contributed by atoms with E-state index in [1.807, 2.05) is 18.2 Å². The van der Waals surface area contributed by atoms with E-state index in [4.69, 9.17) is 4.42 Å². The van der Waals surface area contributed by atoms with Crippen molar-refractivity contribution in [3.05, 3.63) is 54.4 Å². The van der Waals surface area contributed by atoms with E-state index in [2.05, 4.69) is 55.3 Å². The molecule has 1 aromatic heterocycles. The first-order chi connectivity index (χ1) is 10.0. The highest BCUT2D eigenvalue weighted by molar-refractivity contribution is 5.94. The number of aromatic nitrogens is 1. The summed E-state index contributed by atoms with van der Waals surface area (Å²) in [6, 6.07) is 14.5. The van der Waals surface area contributed by atoms with Crippen LogP contribution in [0.15, 0.2) is 53.1 Å². The lowest BCUT2D eigenvalue weighted by molar-refractivity contribution is 0.421. The molecule has 1 N–H and O–H groups in total. The molecule has 0 aliphatic heterocycles. The fraction of sp³-hybridized carbons (Fsp3) is 0.278. The Bertz CT molecular complexity index is 748. The zero-order valence-electron chi connectivity index (χ0n) is 12.7. The minimum Gasteiger partial charge on any atom is -0.444 e. The molecule has 0 amide bonds. The Morgan fingerprint density at radius 2 is 1.81 bits per heavy atom. The van der Waals surface area contributed by atoms with Crippen LogP contribution in [0.3, 0.4) is 0 Å². The maximum Gasteiger partial charge on any atom is 0.226 e. The molecule has 21 heavy (non-hydrogen) atoms. The summed E-state index contributed by atoms with van der Waals surface area (Å²) in [5.74, 6) is 0.678. The van der Waals surface area contributed by atoms with Gasteiger partial charge in [-0.1, -0.05) is 36.4 Å². The molecule has 0 unspecified atom stereocenters. The van der Waals surface area contributed by atoms with E-state index >= 15 is 0 Å². The number of fused-ring (bicyclic) bond motifs is 1. The van der Waals surface area contributed by atoms with Crippen LogP contribution in [0.1, 0.15) is 26.5 Å². The first-order valence-corrected chi connectivity index (χ1v) is 7.20. The fourth-order valence-electron chi connectivity index (χ4n) is 2.28. The van der Waals surface area contributed by atoms with Gasteiger partial charge in [0.05, 0.1) is 5.69 Å². The monoisotopic (exact) mass is 280 g/mol. The van der Waals surface area contributed by atoms with E-state index in [0.29, 0.717) is 12.4 Å². The molecule has 3 rings (SSSR count). The summed E-state index contributed by atoms with van der Waals surface area (Å²) < 4.78 is 5.67. The van der Waals surface area contributed by atoms with E-state index in [1.165, 1.54) is 5.39 Å². The first-order valence-electron chi connectivity index (χ1n) is 7.20. The second kappa shape index (κ2) is 5.34. The van der Waals surface area contributed by atoms with Gasteiger partial charge in [0.2, 0.25) is 5.89 Å². The molecule has 3 nitrogen and oxygen atoms in total. The maximum absolute atomic E-state index is 5.67. The largest absolute Gasteiger partial charge is 0.444 e. The van der Waals surface area contributed by atoms with Gasteiger partial charge in [0.15, 0.2) is 0 Å². The lowest BCUT2D eigenvalue weighted by atomic mass is 10.0.